The van der Waals surface area contributed by atoms with Gasteiger partial charge in [-0.05, 0) is 48.4 Å². The first-order valence-electron chi connectivity index (χ1n) is 6.82. The number of hydrogen-bond acceptors (Lipinski definition) is 3. The van der Waals surface area contributed by atoms with Crippen molar-refractivity contribution in [3.63, 3.8) is 0 Å². The molecular formula is C16H19NO2. The smallest absolute Gasteiger partial charge is 0.128 e. The molecule has 2 heterocycles. The highest BCUT2D eigenvalue weighted by Crippen LogP contribution is 2.31. The van der Waals surface area contributed by atoms with E-state index in [1.807, 2.05) is 6.07 Å². The van der Waals surface area contributed by atoms with Gasteiger partial charge in [-0.15, -0.1) is 0 Å². The highest BCUT2D eigenvalue weighted by Gasteiger charge is 2.21. The Morgan fingerprint density at radius 2 is 2.21 bits per heavy atom. The molecule has 1 aliphatic rings. The van der Waals surface area contributed by atoms with E-state index in [0.29, 0.717) is 0 Å². The molecule has 1 N–H and O–H groups in total. The molecule has 2 aromatic rings. The average Bonchev–Trinajstić information content (AvgIpc) is 3.03. The van der Waals surface area contributed by atoms with Crippen molar-refractivity contribution in [3.05, 3.63) is 53.0 Å². The van der Waals surface area contributed by atoms with E-state index in [0.717, 1.165) is 31.1 Å². The fourth-order valence-electron chi connectivity index (χ4n) is 2.63. The molecule has 0 aliphatic carbocycles. The van der Waals surface area contributed by atoms with Gasteiger partial charge in [0.2, 0.25) is 0 Å². The SMILES string of the molecule is CCNC(c1ccc2c(c1)CCO2)c1occc1C. The molecule has 1 unspecified atom stereocenters. The maximum atomic E-state index is 5.66. The molecule has 0 radical (unpaired) electrons. The first-order chi connectivity index (χ1) is 9.29. The third-order valence-electron chi connectivity index (χ3n) is 3.62. The van der Waals surface area contributed by atoms with Crippen LogP contribution in [0.4, 0.5) is 0 Å². The van der Waals surface area contributed by atoms with Crippen molar-refractivity contribution in [2.75, 3.05) is 13.2 Å². The van der Waals surface area contributed by atoms with Gasteiger partial charge in [-0.1, -0.05) is 13.0 Å². The normalized spacial score (nSPS) is 15.1. The number of fused-ring (bicyclic) bond motifs is 1. The molecule has 1 atom stereocenters. The lowest BCUT2D eigenvalue weighted by Crippen LogP contribution is -2.22. The molecular weight excluding hydrogens is 238 g/mol. The summed E-state index contributed by atoms with van der Waals surface area (Å²) in [5, 5.41) is 3.50. The van der Waals surface area contributed by atoms with Crippen molar-refractivity contribution in [3.8, 4) is 5.75 Å². The van der Waals surface area contributed by atoms with Gasteiger partial charge in [-0.25, -0.2) is 0 Å². The van der Waals surface area contributed by atoms with Gasteiger partial charge >= 0.3 is 0 Å². The summed E-state index contributed by atoms with van der Waals surface area (Å²) in [5.41, 5.74) is 3.72. The Bertz CT molecular complexity index is 574. The van der Waals surface area contributed by atoms with E-state index in [1.165, 1.54) is 16.7 Å². The number of rotatable bonds is 4. The molecule has 0 amide bonds. The first kappa shape index (κ1) is 12.3. The molecule has 1 aliphatic heterocycles. The van der Waals surface area contributed by atoms with Crippen molar-refractivity contribution in [2.24, 2.45) is 0 Å². The minimum Gasteiger partial charge on any atom is -0.493 e. The molecule has 0 bridgehead atoms. The standard InChI is InChI=1S/C16H19NO2/c1-3-17-15(16-11(2)6-8-19-16)13-4-5-14-12(10-13)7-9-18-14/h4-6,8,10,15,17H,3,7,9H2,1-2H3. The van der Waals surface area contributed by atoms with Crippen LogP contribution in [-0.4, -0.2) is 13.2 Å². The van der Waals surface area contributed by atoms with E-state index in [1.54, 1.807) is 6.26 Å². The topological polar surface area (TPSA) is 34.4 Å². The summed E-state index contributed by atoms with van der Waals surface area (Å²) in [4.78, 5) is 0. The van der Waals surface area contributed by atoms with Crippen molar-refractivity contribution >= 4 is 0 Å². The quantitative estimate of drug-likeness (QED) is 0.913. The van der Waals surface area contributed by atoms with Crippen LogP contribution in [0.25, 0.3) is 0 Å². The number of nitrogens with one attached hydrogen (secondary N) is 1. The molecule has 100 valence electrons. The second-order valence-corrected chi connectivity index (χ2v) is 4.92. The molecule has 0 spiro atoms. The van der Waals surface area contributed by atoms with Gasteiger partial charge in [0.25, 0.3) is 0 Å². The Labute approximate surface area is 113 Å². The summed E-state index contributed by atoms with van der Waals surface area (Å²) in [7, 11) is 0. The van der Waals surface area contributed by atoms with Crippen LogP contribution in [-0.2, 0) is 6.42 Å². The average molecular weight is 257 g/mol. The maximum Gasteiger partial charge on any atom is 0.128 e. The van der Waals surface area contributed by atoms with Crippen LogP contribution in [0.15, 0.2) is 34.9 Å². The lowest BCUT2D eigenvalue weighted by Gasteiger charge is -2.18. The molecule has 19 heavy (non-hydrogen) atoms. The number of aryl methyl sites for hydroxylation is 1. The van der Waals surface area contributed by atoms with Gasteiger partial charge in [0.1, 0.15) is 11.5 Å². The van der Waals surface area contributed by atoms with Gasteiger partial charge < -0.3 is 14.5 Å². The predicted octanol–water partition coefficient (Wildman–Crippen LogP) is 3.22. The fraction of sp³-hybridized carbons (Fsp3) is 0.375. The van der Waals surface area contributed by atoms with Gasteiger partial charge in [-0.3, -0.25) is 0 Å². The van der Waals surface area contributed by atoms with Gasteiger partial charge in [0.15, 0.2) is 0 Å². The van der Waals surface area contributed by atoms with Crippen LogP contribution in [0.5, 0.6) is 5.75 Å². The second kappa shape index (κ2) is 5.10. The highest BCUT2D eigenvalue weighted by molar-refractivity contribution is 5.43. The zero-order chi connectivity index (χ0) is 13.2. The van der Waals surface area contributed by atoms with Crippen LogP contribution < -0.4 is 10.1 Å². The summed E-state index contributed by atoms with van der Waals surface area (Å²) in [5.74, 6) is 2.02. The van der Waals surface area contributed by atoms with E-state index in [-0.39, 0.29) is 6.04 Å². The Balaban J connectivity index is 1.98. The van der Waals surface area contributed by atoms with Crippen molar-refractivity contribution in [1.29, 1.82) is 0 Å². The molecule has 0 fully saturated rings. The van der Waals surface area contributed by atoms with Crippen LogP contribution >= 0.6 is 0 Å². The fourth-order valence-corrected chi connectivity index (χ4v) is 2.63. The third kappa shape index (κ3) is 2.26. The zero-order valence-corrected chi connectivity index (χ0v) is 11.4. The summed E-state index contributed by atoms with van der Waals surface area (Å²) in [6.07, 6.45) is 2.75. The number of benzene rings is 1. The Hall–Kier alpha value is -1.74. The summed E-state index contributed by atoms with van der Waals surface area (Å²) in [6, 6.07) is 8.55. The highest BCUT2D eigenvalue weighted by atomic mass is 16.5. The van der Waals surface area contributed by atoms with Crippen LogP contribution in [0, 0.1) is 6.92 Å². The number of furan rings is 1. The summed E-state index contributed by atoms with van der Waals surface area (Å²) >= 11 is 0. The first-order valence-corrected chi connectivity index (χ1v) is 6.82. The molecule has 3 nitrogen and oxygen atoms in total. The Morgan fingerprint density at radius 3 is 2.95 bits per heavy atom. The van der Waals surface area contributed by atoms with Crippen molar-refractivity contribution < 1.29 is 9.15 Å². The third-order valence-corrected chi connectivity index (χ3v) is 3.62. The second-order valence-electron chi connectivity index (χ2n) is 4.92. The van der Waals surface area contributed by atoms with Gasteiger partial charge in [0.05, 0.1) is 18.9 Å². The Kier molecular flexibility index (Phi) is 3.30. The predicted molar refractivity (Wildman–Crippen MR) is 74.6 cm³/mol. The van der Waals surface area contributed by atoms with Crippen molar-refractivity contribution in [2.45, 2.75) is 26.3 Å². The van der Waals surface area contributed by atoms with Crippen molar-refractivity contribution in [1.82, 2.24) is 5.32 Å². The van der Waals surface area contributed by atoms with E-state index >= 15 is 0 Å². The molecule has 3 heteroatoms. The molecule has 0 saturated carbocycles. The lowest BCUT2D eigenvalue weighted by molar-refractivity contribution is 0.356. The minimum absolute atomic E-state index is 0.117. The monoisotopic (exact) mass is 257 g/mol. The van der Waals surface area contributed by atoms with Crippen LogP contribution in [0.2, 0.25) is 0 Å². The lowest BCUT2D eigenvalue weighted by atomic mass is 9.99. The molecule has 3 rings (SSSR count). The van der Waals surface area contributed by atoms with E-state index in [2.05, 4.69) is 37.4 Å². The largest absolute Gasteiger partial charge is 0.493 e. The van der Waals surface area contributed by atoms with E-state index in [4.69, 9.17) is 9.15 Å². The summed E-state index contributed by atoms with van der Waals surface area (Å²) in [6.45, 7) is 5.89. The van der Waals surface area contributed by atoms with Gasteiger partial charge in [-0.2, -0.15) is 0 Å². The molecule has 1 aromatic carbocycles. The Morgan fingerprint density at radius 1 is 1.32 bits per heavy atom. The van der Waals surface area contributed by atoms with Crippen LogP contribution in [0.1, 0.15) is 35.4 Å². The van der Waals surface area contributed by atoms with Gasteiger partial charge in [0, 0.05) is 6.42 Å². The number of hydrogen-bond donors (Lipinski definition) is 1. The molecule has 0 saturated heterocycles. The number of ether oxygens (including phenoxy) is 1. The molecule has 1 aromatic heterocycles. The summed E-state index contributed by atoms with van der Waals surface area (Å²) < 4.78 is 11.2. The minimum atomic E-state index is 0.117. The zero-order valence-electron chi connectivity index (χ0n) is 11.4. The van der Waals surface area contributed by atoms with Crippen LogP contribution in [0.3, 0.4) is 0 Å². The van der Waals surface area contributed by atoms with E-state index < -0.39 is 0 Å². The van der Waals surface area contributed by atoms with E-state index in [9.17, 15) is 0 Å². The maximum absolute atomic E-state index is 5.66.